The number of rotatable bonds is 5. The minimum absolute atomic E-state index is 0.0713. The summed E-state index contributed by atoms with van der Waals surface area (Å²) in [6, 6.07) is 5.69. The van der Waals surface area contributed by atoms with Crippen LogP contribution in [0.2, 0.25) is 0 Å². The Morgan fingerprint density at radius 1 is 1.18 bits per heavy atom. The second-order valence-corrected chi connectivity index (χ2v) is 11.8. The van der Waals surface area contributed by atoms with Crippen LogP contribution in [0.1, 0.15) is 44.6 Å². The van der Waals surface area contributed by atoms with Gasteiger partial charge in [0.15, 0.2) is 6.23 Å². The van der Waals surface area contributed by atoms with Crippen molar-refractivity contribution < 1.29 is 22.7 Å². The number of benzene rings is 1. The van der Waals surface area contributed by atoms with Gasteiger partial charge in [-0.1, -0.05) is 6.07 Å². The van der Waals surface area contributed by atoms with Crippen molar-refractivity contribution in [3.63, 3.8) is 0 Å². The molecule has 188 valence electrons. The molecule has 34 heavy (non-hydrogen) atoms. The van der Waals surface area contributed by atoms with Gasteiger partial charge in [-0.15, -0.1) is 0 Å². The van der Waals surface area contributed by atoms with Crippen LogP contribution in [0.15, 0.2) is 18.2 Å². The number of piperidine rings is 1. The zero-order valence-corrected chi connectivity index (χ0v) is 20.9. The van der Waals surface area contributed by atoms with Gasteiger partial charge in [-0.3, -0.25) is 20.4 Å². The van der Waals surface area contributed by atoms with Gasteiger partial charge in [-0.25, -0.2) is 18.2 Å². The van der Waals surface area contributed by atoms with Gasteiger partial charge < -0.3 is 9.64 Å². The van der Waals surface area contributed by atoms with Crippen molar-refractivity contribution >= 4 is 33.2 Å². The molecule has 0 spiro atoms. The van der Waals surface area contributed by atoms with Crippen LogP contribution >= 0.6 is 0 Å². The van der Waals surface area contributed by atoms with E-state index in [0.29, 0.717) is 37.6 Å². The maximum atomic E-state index is 13.2. The number of carbonyl (C=O) groups is 2. The van der Waals surface area contributed by atoms with Gasteiger partial charge in [0, 0.05) is 45.3 Å². The fourth-order valence-corrected chi connectivity index (χ4v) is 5.51. The van der Waals surface area contributed by atoms with Gasteiger partial charge in [-0.05, 0) is 50.4 Å². The maximum absolute atomic E-state index is 13.2. The number of fused-ring (bicyclic) bond motifs is 1. The monoisotopic (exact) mass is 493 g/mol. The Hall–Kier alpha value is -2.21. The predicted octanol–water partition coefficient (Wildman–Crippen LogP) is 1.43. The van der Waals surface area contributed by atoms with Crippen LogP contribution in [0, 0.1) is 0 Å². The number of nitrogens with one attached hydrogen (secondary N) is 2. The third-order valence-corrected chi connectivity index (χ3v) is 7.63. The number of sulfone groups is 1. The fourth-order valence-electron chi connectivity index (χ4n) is 4.96. The molecule has 11 heteroatoms. The first-order chi connectivity index (χ1) is 16.1. The van der Waals surface area contributed by atoms with E-state index in [0.717, 1.165) is 31.4 Å². The van der Waals surface area contributed by atoms with E-state index in [1.165, 1.54) is 13.2 Å². The number of hydrogen-bond acceptors (Lipinski definition) is 8. The van der Waals surface area contributed by atoms with Crippen LogP contribution in [0.5, 0.6) is 0 Å². The topological polar surface area (TPSA) is 111 Å². The van der Waals surface area contributed by atoms with Crippen LogP contribution in [-0.2, 0) is 19.4 Å². The molecule has 2 saturated heterocycles. The van der Waals surface area contributed by atoms with Crippen molar-refractivity contribution in [2.24, 2.45) is 0 Å². The maximum Gasteiger partial charge on any atom is 0.416 e. The summed E-state index contributed by atoms with van der Waals surface area (Å²) in [7, 11) is -3.04. The minimum Gasteiger partial charge on any atom is -0.430 e. The van der Waals surface area contributed by atoms with E-state index in [2.05, 4.69) is 10.7 Å². The van der Waals surface area contributed by atoms with Gasteiger partial charge in [0.2, 0.25) is 5.91 Å². The number of ether oxygens (including phenoxy) is 1. The van der Waals surface area contributed by atoms with Crippen LogP contribution in [0.4, 0.5) is 16.2 Å². The quantitative estimate of drug-likeness (QED) is 0.634. The van der Waals surface area contributed by atoms with Crippen molar-refractivity contribution in [3.8, 4) is 0 Å². The van der Waals surface area contributed by atoms with Crippen molar-refractivity contribution in [3.05, 3.63) is 23.8 Å². The lowest BCUT2D eigenvalue weighted by Crippen LogP contribution is -2.52. The first-order valence-corrected chi connectivity index (χ1v) is 14.0. The van der Waals surface area contributed by atoms with Crippen LogP contribution in [0.3, 0.4) is 0 Å². The van der Waals surface area contributed by atoms with Crippen LogP contribution in [0.25, 0.3) is 0 Å². The molecule has 3 aliphatic rings. The van der Waals surface area contributed by atoms with E-state index in [4.69, 9.17) is 4.74 Å². The molecule has 10 nitrogen and oxygen atoms in total. The second kappa shape index (κ2) is 10.2. The van der Waals surface area contributed by atoms with Crippen molar-refractivity contribution in [1.82, 2.24) is 15.8 Å². The van der Waals surface area contributed by atoms with E-state index in [9.17, 15) is 18.0 Å². The van der Waals surface area contributed by atoms with Gasteiger partial charge in [-0.2, -0.15) is 0 Å². The summed E-state index contributed by atoms with van der Waals surface area (Å²) in [5.41, 5.74) is 5.66. The molecular weight excluding hydrogens is 458 g/mol. The summed E-state index contributed by atoms with van der Waals surface area (Å²) in [5, 5.41) is 5.17. The van der Waals surface area contributed by atoms with Gasteiger partial charge >= 0.3 is 6.09 Å². The van der Waals surface area contributed by atoms with E-state index in [1.54, 1.807) is 9.80 Å². The van der Waals surface area contributed by atoms with Crippen molar-refractivity contribution in [2.45, 2.75) is 51.3 Å². The second-order valence-electron chi connectivity index (χ2n) is 9.55. The third-order valence-electron chi connectivity index (χ3n) is 6.71. The SMILES string of the molecule is CC(=O)N1c2ccc(C3CNN(CCS(C)(=O)=O)C3)cc2N(C(=O)OC2CCCCN2)C[C@@H]1C. The number of amides is 2. The molecule has 3 aliphatic heterocycles. The summed E-state index contributed by atoms with van der Waals surface area (Å²) >= 11 is 0. The summed E-state index contributed by atoms with van der Waals surface area (Å²) in [5.74, 6) is 0.155. The average molecular weight is 494 g/mol. The molecule has 3 atom stereocenters. The molecular formula is C23H35N5O5S. The van der Waals surface area contributed by atoms with E-state index >= 15 is 0 Å². The molecule has 1 aromatic carbocycles. The first-order valence-electron chi connectivity index (χ1n) is 11.9. The smallest absolute Gasteiger partial charge is 0.416 e. The van der Waals surface area contributed by atoms with Gasteiger partial charge in [0.1, 0.15) is 9.84 Å². The Kier molecular flexibility index (Phi) is 7.46. The average Bonchev–Trinajstić information content (AvgIpc) is 3.26. The number of nitrogens with zero attached hydrogens (tertiary/aromatic N) is 3. The number of carbonyl (C=O) groups excluding carboxylic acids is 2. The molecule has 0 radical (unpaired) electrons. The molecule has 4 rings (SSSR count). The predicted molar refractivity (Wildman–Crippen MR) is 131 cm³/mol. The zero-order chi connectivity index (χ0) is 24.5. The lowest BCUT2D eigenvalue weighted by Gasteiger charge is -2.41. The summed E-state index contributed by atoms with van der Waals surface area (Å²) in [4.78, 5) is 29.0. The van der Waals surface area contributed by atoms with Crippen LogP contribution in [-0.4, -0.2) is 82.4 Å². The highest BCUT2D eigenvalue weighted by Crippen LogP contribution is 2.39. The summed E-state index contributed by atoms with van der Waals surface area (Å²) in [6.07, 6.45) is 3.42. The van der Waals surface area contributed by atoms with Gasteiger partial charge in [0.05, 0.1) is 23.2 Å². The molecule has 3 heterocycles. The third kappa shape index (κ3) is 5.70. The fraction of sp³-hybridized carbons (Fsp3) is 0.652. The molecule has 0 bridgehead atoms. The Balaban J connectivity index is 1.56. The van der Waals surface area contributed by atoms with Crippen LogP contribution < -0.4 is 20.5 Å². The van der Waals surface area contributed by atoms with E-state index in [-0.39, 0.29) is 29.8 Å². The van der Waals surface area contributed by atoms with Gasteiger partial charge in [0.25, 0.3) is 0 Å². The standard InChI is InChI=1S/C23H35N5O5S/c1-16-14-27(23(30)33-22-6-4-5-9-24-22)21-12-18(7-8-20(21)28(16)17(2)29)19-13-25-26(15-19)10-11-34(3,31)32/h7-8,12,16,19,22,24-25H,4-6,9-11,13-15H2,1-3H3/t16-,19?,22?/m0/s1. The highest BCUT2D eigenvalue weighted by Gasteiger charge is 2.36. The molecule has 2 N–H and O–H groups in total. The Morgan fingerprint density at radius 2 is 1.97 bits per heavy atom. The number of hydrazine groups is 1. The Morgan fingerprint density at radius 3 is 2.65 bits per heavy atom. The van der Waals surface area contributed by atoms with Crippen molar-refractivity contribution in [1.29, 1.82) is 0 Å². The Labute approximate surface area is 201 Å². The largest absolute Gasteiger partial charge is 0.430 e. The first kappa shape index (κ1) is 24.9. The molecule has 1 aromatic rings. The summed E-state index contributed by atoms with van der Waals surface area (Å²) < 4.78 is 28.8. The molecule has 0 aliphatic carbocycles. The van der Waals surface area contributed by atoms with E-state index < -0.39 is 15.9 Å². The normalized spacial score (nSPS) is 25.8. The van der Waals surface area contributed by atoms with Crippen molar-refractivity contribution in [2.75, 3.05) is 54.5 Å². The molecule has 0 aromatic heterocycles. The summed E-state index contributed by atoms with van der Waals surface area (Å²) in [6.45, 7) is 6.40. The lowest BCUT2D eigenvalue weighted by molar-refractivity contribution is -0.117. The minimum atomic E-state index is -3.04. The highest BCUT2D eigenvalue weighted by atomic mass is 32.2. The number of anilines is 2. The number of hydrogen-bond donors (Lipinski definition) is 2. The molecule has 0 saturated carbocycles. The Bertz CT molecular complexity index is 1030. The molecule has 2 fully saturated rings. The highest BCUT2D eigenvalue weighted by molar-refractivity contribution is 7.90. The molecule has 2 unspecified atom stereocenters. The lowest BCUT2D eigenvalue weighted by atomic mass is 9.97. The molecule has 2 amide bonds. The zero-order valence-electron chi connectivity index (χ0n) is 20.1. The van der Waals surface area contributed by atoms with E-state index in [1.807, 2.05) is 30.1 Å².